The van der Waals surface area contributed by atoms with Crippen LogP contribution in [0.5, 0.6) is 0 Å². The van der Waals surface area contributed by atoms with Crippen LogP contribution in [0.3, 0.4) is 0 Å². The lowest BCUT2D eigenvalue weighted by molar-refractivity contribution is 1.15. The Labute approximate surface area is 165 Å². The monoisotopic (exact) mass is 402 g/mol. The molecule has 4 aromatic rings. The number of aromatic nitrogens is 3. The minimum absolute atomic E-state index is 0.422. The summed E-state index contributed by atoms with van der Waals surface area (Å²) < 4.78 is 0. The number of benzene rings is 2. The van der Waals surface area contributed by atoms with Crippen molar-refractivity contribution in [1.82, 2.24) is 15.0 Å². The fourth-order valence-electron chi connectivity index (χ4n) is 2.70. The highest BCUT2D eigenvalue weighted by Crippen LogP contribution is 2.24. The Kier molecular flexibility index (Phi) is 4.72. The molecule has 0 atom stereocenters. The lowest BCUT2D eigenvalue weighted by Gasteiger charge is -2.08. The highest BCUT2D eigenvalue weighted by Gasteiger charge is 2.08. The van der Waals surface area contributed by atoms with Gasteiger partial charge < -0.3 is 10.3 Å². The zero-order valence-electron chi connectivity index (χ0n) is 13.4. The molecule has 0 aliphatic carbocycles. The predicted molar refractivity (Wildman–Crippen MR) is 108 cm³/mol. The molecule has 0 saturated carbocycles. The zero-order chi connectivity index (χ0) is 18.1. The van der Waals surface area contributed by atoms with Gasteiger partial charge in [-0.3, -0.25) is 0 Å². The molecule has 2 N–H and O–H groups in total. The van der Waals surface area contributed by atoms with Gasteiger partial charge >= 0.3 is 0 Å². The first-order valence-electron chi connectivity index (χ1n) is 7.88. The van der Waals surface area contributed by atoms with Gasteiger partial charge in [0.25, 0.3) is 0 Å². The zero-order valence-corrected chi connectivity index (χ0v) is 15.7. The van der Waals surface area contributed by atoms with Gasteiger partial charge in [-0.15, -0.1) is 0 Å². The number of nitrogens with one attached hydrogen (secondary N) is 2. The molecular weight excluding hydrogens is 391 g/mol. The highest BCUT2D eigenvalue weighted by molar-refractivity contribution is 6.34. The number of hydrogen-bond acceptors (Lipinski definition) is 3. The summed E-state index contributed by atoms with van der Waals surface area (Å²) in [4.78, 5) is 12.0. The average Bonchev–Trinajstić information content (AvgIpc) is 3.03. The first kappa shape index (κ1) is 17.2. The van der Waals surface area contributed by atoms with Crippen molar-refractivity contribution in [2.75, 3.05) is 5.32 Å². The van der Waals surface area contributed by atoms with Gasteiger partial charge in [0.15, 0.2) is 5.65 Å². The Bertz CT molecular complexity index is 1070. The van der Waals surface area contributed by atoms with Crippen LogP contribution in [0.2, 0.25) is 15.2 Å². The maximum Gasteiger partial charge on any atom is 0.179 e. The van der Waals surface area contributed by atoms with Crippen LogP contribution in [-0.2, 0) is 6.54 Å². The van der Waals surface area contributed by atoms with Crippen molar-refractivity contribution in [2.24, 2.45) is 0 Å². The summed E-state index contributed by atoms with van der Waals surface area (Å²) in [6, 6.07) is 17.1. The maximum absolute atomic E-state index is 6.05. The number of aromatic amines is 1. The standard InChI is InChI=1S/C19H13Cl3N4/c20-13-6-11(7-14(21)9-13)10-23-15-3-1-2-12(8-15)18-24-16-4-5-17(22)25-19(16)26-18/h1-9,23H,10H2,(H,24,25,26). The van der Waals surface area contributed by atoms with E-state index in [0.717, 1.165) is 28.2 Å². The summed E-state index contributed by atoms with van der Waals surface area (Å²) in [5, 5.41) is 5.04. The molecule has 0 spiro atoms. The molecule has 0 amide bonds. The van der Waals surface area contributed by atoms with Crippen LogP contribution in [0.25, 0.3) is 22.6 Å². The molecule has 0 aliphatic heterocycles. The van der Waals surface area contributed by atoms with Gasteiger partial charge in [0.1, 0.15) is 11.0 Å². The van der Waals surface area contributed by atoms with E-state index in [4.69, 9.17) is 34.8 Å². The molecule has 2 aromatic carbocycles. The molecule has 4 nitrogen and oxygen atoms in total. The summed E-state index contributed by atoms with van der Waals surface area (Å²) in [6.45, 7) is 0.612. The van der Waals surface area contributed by atoms with Gasteiger partial charge in [0.05, 0.1) is 5.52 Å². The van der Waals surface area contributed by atoms with Crippen molar-refractivity contribution >= 4 is 51.7 Å². The van der Waals surface area contributed by atoms with E-state index >= 15 is 0 Å². The summed E-state index contributed by atoms with van der Waals surface area (Å²) >= 11 is 18.0. The molecule has 0 radical (unpaired) electrons. The van der Waals surface area contributed by atoms with E-state index in [9.17, 15) is 0 Å². The highest BCUT2D eigenvalue weighted by atomic mass is 35.5. The Balaban J connectivity index is 1.57. The van der Waals surface area contributed by atoms with E-state index in [1.54, 1.807) is 12.1 Å². The van der Waals surface area contributed by atoms with Crippen molar-refractivity contribution in [3.8, 4) is 11.4 Å². The Morgan fingerprint density at radius 1 is 0.885 bits per heavy atom. The smallest absolute Gasteiger partial charge is 0.179 e. The number of anilines is 1. The van der Waals surface area contributed by atoms with Crippen LogP contribution in [0.15, 0.2) is 54.6 Å². The first-order chi connectivity index (χ1) is 12.6. The molecule has 0 aliphatic rings. The second kappa shape index (κ2) is 7.16. The molecule has 26 heavy (non-hydrogen) atoms. The van der Waals surface area contributed by atoms with E-state index in [1.807, 2.05) is 42.5 Å². The number of imidazole rings is 1. The van der Waals surface area contributed by atoms with Crippen molar-refractivity contribution in [3.05, 3.63) is 75.4 Å². The van der Waals surface area contributed by atoms with Crippen molar-refractivity contribution in [1.29, 1.82) is 0 Å². The normalized spacial score (nSPS) is 11.0. The number of fused-ring (bicyclic) bond motifs is 1. The van der Waals surface area contributed by atoms with Crippen molar-refractivity contribution in [2.45, 2.75) is 6.54 Å². The van der Waals surface area contributed by atoms with E-state index in [1.165, 1.54) is 0 Å². The van der Waals surface area contributed by atoms with E-state index < -0.39 is 0 Å². The molecular formula is C19H13Cl3N4. The minimum Gasteiger partial charge on any atom is -0.381 e. The number of nitrogens with zero attached hydrogens (tertiary/aromatic N) is 2. The Morgan fingerprint density at radius 3 is 2.50 bits per heavy atom. The third-order valence-corrected chi connectivity index (χ3v) is 4.51. The fourth-order valence-corrected chi connectivity index (χ4v) is 3.41. The summed E-state index contributed by atoms with van der Waals surface area (Å²) in [6.07, 6.45) is 0. The number of halogens is 3. The quantitative estimate of drug-likeness (QED) is 0.399. The van der Waals surface area contributed by atoms with Gasteiger partial charge in [0, 0.05) is 27.8 Å². The Hall–Kier alpha value is -2.27. The lowest BCUT2D eigenvalue weighted by Crippen LogP contribution is -1.99. The van der Waals surface area contributed by atoms with E-state index in [2.05, 4.69) is 20.3 Å². The number of pyridine rings is 1. The third-order valence-electron chi connectivity index (χ3n) is 3.87. The van der Waals surface area contributed by atoms with Crippen molar-refractivity contribution < 1.29 is 0 Å². The van der Waals surface area contributed by atoms with Gasteiger partial charge in [-0.2, -0.15) is 0 Å². The molecule has 0 fully saturated rings. The van der Waals surface area contributed by atoms with Crippen LogP contribution in [0.1, 0.15) is 5.56 Å². The fraction of sp³-hybridized carbons (Fsp3) is 0.0526. The molecule has 2 heterocycles. The largest absolute Gasteiger partial charge is 0.381 e. The number of rotatable bonds is 4. The van der Waals surface area contributed by atoms with E-state index in [0.29, 0.717) is 27.4 Å². The molecule has 0 bridgehead atoms. The van der Waals surface area contributed by atoms with Gasteiger partial charge in [-0.25, -0.2) is 9.97 Å². The molecule has 4 rings (SSSR count). The molecule has 0 saturated heterocycles. The topological polar surface area (TPSA) is 53.6 Å². The van der Waals surface area contributed by atoms with Crippen LogP contribution in [-0.4, -0.2) is 15.0 Å². The average molecular weight is 404 g/mol. The SMILES string of the molecule is Clc1cc(Cl)cc(CNc2cccc(-c3nc4nc(Cl)ccc4[nH]3)c2)c1. The van der Waals surface area contributed by atoms with Crippen LogP contribution in [0, 0.1) is 0 Å². The van der Waals surface area contributed by atoms with Gasteiger partial charge in [-0.05, 0) is 48.0 Å². The summed E-state index contributed by atoms with van der Waals surface area (Å²) in [5.74, 6) is 0.740. The van der Waals surface area contributed by atoms with Gasteiger partial charge in [-0.1, -0.05) is 46.9 Å². The lowest BCUT2D eigenvalue weighted by atomic mass is 10.1. The third kappa shape index (κ3) is 3.78. The molecule has 0 unspecified atom stereocenters. The van der Waals surface area contributed by atoms with Crippen LogP contribution >= 0.6 is 34.8 Å². The Morgan fingerprint density at radius 2 is 1.69 bits per heavy atom. The minimum atomic E-state index is 0.422. The molecule has 130 valence electrons. The van der Waals surface area contributed by atoms with E-state index in [-0.39, 0.29) is 0 Å². The summed E-state index contributed by atoms with van der Waals surface area (Å²) in [7, 11) is 0. The van der Waals surface area contributed by atoms with Gasteiger partial charge in [0.2, 0.25) is 0 Å². The molecule has 2 aromatic heterocycles. The van der Waals surface area contributed by atoms with Crippen LogP contribution in [0.4, 0.5) is 5.69 Å². The second-order valence-corrected chi connectivity index (χ2v) is 7.06. The van der Waals surface area contributed by atoms with Crippen molar-refractivity contribution in [3.63, 3.8) is 0 Å². The second-order valence-electron chi connectivity index (χ2n) is 5.80. The van der Waals surface area contributed by atoms with Crippen LogP contribution < -0.4 is 5.32 Å². The predicted octanol–water partition coefficient (Wildman–Crippen LogP) is 6.20. The summed E-state index contributed by atoms with van der Waals surface area (Å²) in [5.41, 5.74) is 4.37. The first-order valence-corrected chi connectivity index (χ1v) is 9.02. The maximum atomic E-state index is 6.05. The number of hydrogen-bond donors (Lipinski definition) is 2. The number of H-pyrrole nitrogens is 1. The molecule has 7 heteroatoms.